The van der Waals surface area contributed by atoms with Crippen LogP contribution in [0.2, 0.25) is 0 Å². The summed E-state index contributed by atoms with van der Waals surface area (Å²) < 4.78 is 2.37. The van der Waals surface area contributed by atoms with E-state index >= 15 is 0 Å². The lowest BCUT2D eigenvalue weighted by atomic mass is 9.97. The molecule has 2 aromatic rings. The highest BCUT2D eigenvalue weighted by molar-refractivity contribution is 5.71. The van der Waals surface area contributed by atoms with E-state index in [1.807, 2.05) is 12.3 Å². The predicted molar refractivity (Wildman–Crippen MR) is 77.4 cm³/mol. The average Bonchev–Trinajstić information content (AvgIpc) is 2.87. The number of hydrogen-bond donors (Lipinski definition) is 1. The van der Waals surface area contributed by atoms with Crippen LogP contribution in [0.3, 0.4) is 0 Å². The van der Waals surface area contributed by atoms with E-state index in [0.717, 1.165) is 30.7 Å². The first kappa shape index (κ1) is 12.6. The SMILES string of the molecule is CCC(C)n1c(C2CCNCC2)nc2cccnc21. The molecule has 0 radical (unpaired) electrons. The van der Waals surface area contributed by atoms with E-state index in [-0.39, 0.29) is 0 Å². The van der Waals surface area contributed by atoms with Gasteiger partial charge in [0.1, 0.15) is 11.3 Å². The Balaban J connectivity index is 2.10. The van der Waals surface area contributed by atoms with Gasteiger partial charge >= 0.3 is 0 Å². The van der Waals surface area contributed by atoms with Crippen molar-refractivity contribution in [1.82, 2.24) is 19.9 Å². The molecule has 102 valence electrons. The molecule has 0 aromatic carbocycles. The maximum absolute atomic E-state index is 4.88. The zero-order valence-corrected chi connectivity index (χ0v) is 11.8. The minimum absolute atomic E-state index is 0.463. The number of hydrogen-bond acceptors (Lipinski definition) is 3. The van der Waals surface area contributed by atoms with Gasteiger partial charge in [0.25, 0.3) is 0 Å². The van der Waals surface area contributed by atoms with E-state index < -0.39 is 0 Å². The predicted octanol–water partition coefficient (Wildman–Crippen LogP) is 2.87. The smallest absolute Gasteiger partial charge is 0.160 e. The van der Waals surface area contributed by atoms with E-state index in [0.29, 0.717) is 12.0 Å². The zero-order chi connectivity index (χ0) is 13.2. The average molecular weight is 258 g/mol. The summed E-state index contributed by atoms with van der Waals surface area (Å²) in [6.45, 7) is 6.69. The molecule has 1 unspecified atom stereocenters. The first-order valence-electron chi connectivity index (χ1n) is 7.34. The molecule has 1 fully saturated rings. The van der Waals surface area contributed by atoms with Crippen molar-refractivity contribution in [2.24, 2.45) is 0 Å². The monoisotopic (exact) mass is 258 g/mol. The number of nitrogens with zero attached hydrogens (tertiary/aromatic N) is 3. The van der Waals surface area contributed by atoms with Crippen LogP contribution in [-0.2, 0) is 0 Å². The van der Waals surface area contributed by atoms with Gasteiger partial charge in [-0.1, -0.05) is 6.92 Å². The Hall–Kier alpha value is -1.42. The van der Waals surface area contributed by atoms with E-state index in [9.17, 15) is 0 Å². The standard InChI is InChI=1S/C15H22N4/c1-3-11(2)19-14(12-6-9-16-10-7-12)18-13-5-4-8-17-15(13)19/h4-5,8,11-12,16H,3,6-7,9-10H2,1-2H3. The number of rotatable bonds is 3. The Bertz CT molecular complexity index is 554. The van der Waals surface area contributed by atoms with Gasteiger partial charge in [-0.25, -0.2) is 9.97 Å². The molecule has 1 N–H and O–H groups in total. The third kappa shape index (κ3) is 2.25. The molecule has 1 atom stereocenters. The Kier molecular flexibility index (Phi) is 3.51. The lowest BCUT2D eigenvalue weighted by Crippen LogP contribution is -2.28. The van der Waals surface area contributed by atoms with Gasteiger partial charge < -0.3 is 9.88 Å². The summed E-state index contributed by atoms with van der Waals surface area (Å²) in [6.07, 6.45) is 5.34. The maximum Gasteiger partial charge on any atom is 0.160 e. The van der Waals surface area contributed by atoms with Gasteiger partial charge in [-0.2, -0.15) is 0 Å². The van der Waals surface area contributed by atoms with Gasteiger partial charge in [-0.05, 0) is 51.4 Å². The largest absolute Gasteiger partial charge is 0.317 e. The van der Waals surface area contributed by atoms with Gasteiger partial charge in [0.2, 0.25) is 0 Å². The molecule has 0 saturated carbocycles. The van der Waals surface area contributed by atoms with Crippen LogP contribution >= 0.6 is 0 Å². The summed E-state index contributed by atoms with van der Waals surface area (Å²) >= 11 is 0. The molecule has 4 heteroatoms. The molecule has 3 heterocycles. The highest BCUT2D eigenvalue weighted by Gasteiger charge is 2.24. The van der Waals surface area contributed by atoms with Crippen LogP contribution in [0.25, 0.3) is 11.2 Å². The van der Waals surface area contributed by atoms with Crippen LogP contribution < -0.4 is 5.32 Å². The minimum atomic E-state index is 0.463. The first-order valence-corrected chi connectivity index (χ1v) is 7.34. The molecular formula is C15H22N4. The summed E-state index contributed by atoms with van der Waals surface area (Å²) in [5, 5.41) is 3.43. The topological polar surface area (TPSA) is 42.7 Å². The van der Waals surface area contributed by atoms with Crippen LogP contribution in [0.1, 0.15) is 50.9 Å². The van der Waals surface area contributed by atoms with Crippen molar-refractivity contribution in [3.63, 3.8) is 0 Å². The van der Waals surface area contributed by atoms with E-state index in [2.05, 4.69) is 34.8 Å². The van der Waals surface area contributed by atoms with Crippen molar-refractivity contribution in [1.29, 1.82) is 0 Å². The number of nitrogens with one attached hydrogen (secondary N) is 1. The van der Waals surface area contributed by atoms with Crippen LogP contribution in [-0.4, -0.2) is 27.6 Å². The Morgan fingerprint density at radius 2 is 2.21 bits per heavy atom. The molecule has 0 aliphatic carbocycles. The van der Waals surface area contributed by atoms with Gasteiger partial charge in [0.05, 0.1) is 0 Å². The van der Waals surface area contributed by atoms with E-state index in [1.54, 1.807) is 0 Å². The van der Waals surface area contributed by atoms with Crippen molar-refractivity contribution in [3.05, 3.63) is 24.2 Å². The number of imidazole rings is 1. The van der Waals surface area contributed by atoms with E-state index in [1.165, 1.54) is 18.7 Å². The molecule has 3 rings (SSSR count). The van der Waals surface area contributed by atoms with Crippen molar-refractivity contribution < 1.29 is 0 Å². The Labute approximate surface area is 114 Å². The quantitative estimate of drug-likeness (QED) is 0.920. The molecule has 0 bridgehead atoms. The fourth-order valence-corrected chi connectivity index (χ4v) is 2.93. The summed E-state index contributed by atoms with van der Waals surface area (Å²) in [5.41, 5.74) is 2.08. The zero-order valence-electron chi connectivity index (χ0n) is 11.8. The molecule has 4 nitrogen and oxygen atoms in total. The number of aromatic nitrogens is 3. The van der Waals surface area contributed by atoms with Crippen LogP contribution in [0.5, 0.6) is 0 Å². The summed E-state index contributed by atoms with van der Waals surface area (Å²) in [7, 11) is 0. The van der Waals surface area contributed by atoms with Gasteiger partial charge in [-0.3, -0.25) is 0 Å². The van der Waals surface area contributed by atoms with Crippen LogP contribution in [0, 0.1) is 0 Å². The maximum atomic E-state index is 4.88. The third-order valence-electron chi connectivity index (χ3n) is 4.21. The van der Waals surface area contributed by atoms with Crippen LogP contribution in [0.4, 0.5) is 0 Å². The molecule has 1 aliphatic rings. The van der Waals surface area contributed by atoms with Gasteiger partial charge in [0, 0.05) is 18.2 Å². The lowest BCUT2D eigenvalue weighted by molar-refractivity contribution is 0.414. The molecule has 1 saturated heterocycles. The highest BCUT2D eigenvalue weighted by Crippen LogP contribution is 2.30. The number of fused-ring (bicyclic) bond motifs is 1. The first-order chi connectivity index (χ1) is 9.31. The lowest BCUT2D eigenvalue weighted by Gasteiger charge is -2.25. The normalized spacial score (nSPS) is 18.8. The fraction of sp³-hybridized carbons (Fsp3) is 0.600. The molecule has 0 spiro atoms. The van der Waals surface area contributed by atoms with E-state index in [4.69, 9.17) is 4.98 Å². The molecule has 2 aromatic heterocycles. The molecular weight excluding hydrogens is 236 g/mol. The van der Waals surface area contributed by atoms with Gasteiger partial charge in [0.15, 0.2) is 5.65 Å². The van der Waals surface area contributed by atoms with Crippen molar-refractivity contribution >= 4 is 11.2 Å². The Morgan fingerprint density at radius 1 is 1.42 bits per heavy atom. The van der Waals surface area contributed by atoms with Crippen molar-refractivity contribution in [3.8, 4) is 0 Å². The fourth-order valence-electron chi connectivity index (χ4n) is 2.93. The number of pyridine rings is 1. The summed E-state index contributed by atoms with van der Waals surface area (Å²) in [6, 6.07) is 4.51. The number of piperidine rings is 1. The summed E-state index contributed by atoms with van der Waals surface area (Å²) in [5.74, 6) is 1.81. The second-order valence-electron chi connectivity index (χ2n) is 5.47. The Morgan fingerprint density at radius 3 is 2.95 bits per heavy atom. The molecule has 1 aliphatic heterocycles. The highest BCUT2D eigenvalue weighted by atomic mass is 15.2. The van der Waals surface area contributed by atoms with Gasteiger partial charge in [-0.15, -0.1) is 0 Å². The second kappa shape index (κ2) is 5.29. The summed E-state index contributed by atoms with van der Waals surface area (Å²) in [4.78, 5) is 9.43. The second-order valence-corrected chi connectivity index (χ2v) is 5.47. The van der Waals surface area contributed by atoms with Crippen molar-refractivity contribution in [2.75, 3.05) is 13.1 Å². The third-order valence-corrected chi connectivity index (χ3v) is 4.21. The van der Waals surface area contributed by atoms with Crippen molar-refractivity contribution in [2.45, 2.75) is 45.1 Å². The molecule has 19 heavy (non-hydrogen) atoms. The molecule has 0 amide bonds. The van der Waals surface area contributed by atoms with Crippen LogP contribution in [0.15, 0.2) is 18.3 Å². The minimum Gasteiger partial charge on any atom is -0.317 e.